The molecule has 0 aromatic carbocycles. The molecule has 1 aliphatic heterocycles. The summed E-state index contributed by atoms with van der Waals surface area (Å²) >= 11 is 0. The highest BCUT2D eigenvalue weighted by atomic mass is 16.2. The predicted molar refractivity (Wildman–Crippen MR) is 112 cm³/mol. The van der Waals surface area contributed by atoms with Gasteiger partial charge in [-0.1, -0.05) is 0 Å². The fraction of sp³-hybridized carbons (Fsp3) is 0.450. The lowest BCUT2D eigenvalue weighted by atomic mass is 9.96. The summed E-state index contributed by atoms with van der Waals surface area (Å²) in [5.41, 5.74) is 0.752. The molecule has 30 heavy (non-hydrogen) atoms. The first kappa shape index (κ1) is 19.9. The van der Waals surface area contributed by atoms with E-state index in [0.29, 0.717) is 12.5 Å². The molecule has 0 radical (unpaired) electrons. The molecule has 10 heteroatoms. The number of rotatable bonds is 5. The highest BCUT2D eigenvalue weighted by Crippen LogP contribution is 2.21. The number of carbonyl (C=O) groups excluding carboxylic acids is 1. The van der Waals surface area contributed by atoms with Crippen molar-refractivity contribution in [2.24, 2.45) is 20.0 Å². The van der Waals surface area contributed by atoms with Crippen LogP contribution >= 0.6 is 0 Å². The summed E-state index contributed by atoms with van der Waals surface area (Å²) in [6.45, 7) is 2.45. The molecule has 1 aliphatic rings. The van der Waals surface area contributed by atoms with Gasteiger partial charge in [-0.3, -0.25) is 23.7 Å². The zero-order chi connectivity index (χ0) is 21.3. The molecule has 10 nitrogen and oxygen atoms in total. The Kier molecular flexibility index (Phi) is 5.39. The molecule has 158 valence electrons. The minimum atomic E-state index is -0.457. The number of nitrogens with zero attached hydrogens (tertiary/aromatic N) is 6. The number of hydrogen-bond donors (Lipinski definition) is 1. The van der Waals surface area contributed by atoms with Gasteiger partial charge in [-0.25, -0.2) is 9.78 Å². The van der Waals surface area contributed by atoms with Gasteiger partial charge < -0.3 is 14.8 Å². The summed E-state index contributed by atoms with van der Waals surface area (Å²) in [5, 5.41) is 2.97. The number of piperidine rings is 1. The van der Waals surface area contributed by atoms with E-state index in [9.17, 15) is 14.4 Å². The zero-order valence-corrected chi connectivity index (χ0v) is 17.1. The van der Waals surface area contributed by atoms with Crippen LogP contribution in [0, 0.1) is 5.92 Å². The number of nitrogens with one attached hydrogen (secondary N) is 1. The molecule has 4 rings (SSSR count). The van der Waals surface area contributed by atoms with Crippen molar-refractivity contribution < 1.29 is 4.79 Å². The van der Waals surface area contributed by atoms with E-state index in [1.54, 1.807) is 13.2 Å². The maximum atomic E-state index is 12.5. The first-order valence-corrected chi connectivity index (χ1v) is 9.98. The number of imidazole rings is 1. The number of amides is 1. The quantitative estimate of drug-likeness (QED) is 0.626. The molecule has 0 atom stereocenters. The van der Waals surface area contributed by atoms with Gasteiger partial charge in [0, 0.05) is 39.9 Å². The minimum Gasteiger partial charge on any atom is -0.370 e. The first-order chi connectivity index (χ1) is 14.5. The number of hydrogen-bond acceptors (Lipinski definition) is 6. The lowest BCUT2D eigenvalue weighted by Crippen LogP contribution is -2.40. The van der Waals surface area contributed by atoms with E-state index in [2.05, 4.69) is 26.3 Å². The lowest BCUT2D eigenvalue weighted by Gasteiger charge is -2.33. The molecule has 1 fully saturated rings. The van der Waals surface area contributed by atoms with Crippen LogP contribution in [0.3, 0.4) is 0 Å². The van der Waals surface area contributed by atoms with Crippen LogP contribution in [0.5, 0.6) is 0 Å². The largest absolute Gasteiger partial charge is 0.370 e. The van der Waals surface area contributed by atoms with Crippen molar-refractivity contribution in [1.29, 1.82) is 0 Å². The third kappa shape index (κ3) is 3.72. The van der Waals surface area contributed by atoms with Crippen LogP contribution in [-0.4, -0.2) is 49.2 Å². The Morgan fingerprint density at radius 3 is 2.67 bits per heavy atom. The van der Waals surface area contributed by atoms with Crippen molar-refractivity contribution in [1.82, 2.24) is 29.0 Å². The van der Waals surface area contributed by atoms with Gasteiger partial charge in [0.2, 0.25) is 5.91 Å². The molecule has 3 aromatic heterocycles. The maximum Gasteiger partial charge on any atom is 0.332 e. The summed E-state index contributed by atoms with van der Waals surface area (Å²) in [6, 6.07) is 4.00. The lowest BCUT2D eigenvalue weighted by molar-refractivity contribution is -0.121. The van der Waals surface area contributed by atoms with Crippen LogP contribution in [-0.2, 0) is 25.4 Å². The van der Waals surface area contributed by atoms with E-state index in [4.69, 9.17) is 0 Å². The van der Waals surface area contributed by atoms with Crippen molar-refractivity contribution >= 4 is 22.8 Å². The van der Waals surface area contributed by atoms with Gasteiger partial charge in [-0.05, 0) is 30.9 Å². The normalized spacial score (nSPS) is 14.9. The van der Waals surface area contributed by atoms with Crippen molar-refractivity contribution in [3.63, 3.8) is 0 Å². The minimum absolute atomic E-state index is 0.0154. The second kappa shape index (κ2) is 8.13. The van der Waals surface area contributed by atoms with Gasteiger partial charge in [0.1, 0.15) is 6.54 Å². The van der Waals surface area contributed by atoms with E-state index in [0.717, 1.165) is 36.2 Å². The third-order valence-corrected chi connectivity index (χ3v) is 5.74. The van der Waals surface area contributed by atoms with Gasteiger partial charge >= 0.3 is 5.69 Å². The second-order valence-electron chi connectivity index (χ2n) is 7.70. The van der Waals surface area contributed by atoms with Gasteiger partial charge in [0.05, 0.1) is 18.2 Å². The van der Waals surface area contributed by atoms with Gasteiger partial charge in [0.25, 0.3) is 5.56 Å². The Balaban J connectivity index is 1.35. The van der Waals surface area contributed by atoms with E-state index in [-0.39, 0.29) is 23.6 Å². The monoisotopic (exact) mass is 411 g/mol. The molecule has 1 N–H and O–H groups in total. The SMILES string of the molecule is Cn1c(=O)c2c(ncn2CC(=O)NCC2CCN(c3cccnc3)CC2)n(C)c1=O. The average Bonchev–Trinajstić information content (AvgIpc) is 3.19. The van der Waals surface area contributed by atoms with E-state index in [1.807, 2.05) is 12.3 Å². The number of pyridine rings is 1. The van der Waals surface area contributed by atoms with Crippen LogP contribution in [0.1, 0.15) is 12.8 Å². The molecule has 1 amide bonds. The molecule has 4 heterocycles. The average molecular weight is 411 g/mol. The standard InChI is InChI=1S/C20H25N7O3/c1-24-18-17(19(29)25(2)20(24)30)27(13-23-18)12-16(28)22-10-14-5-8-26(9-6-14)15-4-3-7-21-11-15/h3-4,7,11,13-14H,5-6,8-10,12H2,1-2H3,(H,22,28). The van der Waals surface area contributed by atoms with Gasteiger partial charge in [0.15, 0.2) is 11.2 Å². The fourth-order valence-electron chi connectivity index (χ4n) is 3.92. The van der Waals surface area contributed by atoms with Crippen LogP contribution in [0.15, 0.2) is 40.4 Å². The van der Waals surface area contributed by atoms with Crippen molar-refractivity contribution in [2.45, 2.75) is 19.4 Å². The van der Waals surface area contributed by atoms with Crippen LogP contribution < -0.4 is 21.5 Å². The molecule has 0 unspecified atom stereocenters. The Bertz CT molecular complexity index is 1170. The highest BCUT2D eigenvalue weighted by Gasteiger charge is 2.21. The summed E-state index contributed by atoms with van der Waals surface area (Å²) in [4.78, 5) is 47.6. The third-order valence-electron chi connectivity index (χ3n) is 5.74. The van der Waals surface area contributed by atoms with Crippen molar-refractivity contribution in [3.05, 3.63) is 51.7 Å². The Hall–Kier alpha value is -3.43. The number of aryl methyl sites for hydroxylation is 1. The first-order valence-electron chi connectivity index (χ1n) is 9.98. The summed E-state index contributed by atoms with van der Waals surface area (Å²) in [6.07, 6.45) is 7.05. The number of carbonyl (C=O) groups is 1. The molecule has 3 aromatic rings. The Labute approximate surface area is 172 Å². The number of anilines is 1. The van der Waals surface area contributed by atoms with Crippen LogP contribution in [0.2, 0.25) is 0 Å². The molecule has 1 saturated heterocycles. The molecule has 0 bridgehead atoms. The summed E-state index contributed by atoms with van der Waals surface area (Å²) in [7, 11) is 2.97. The van der Waals surface area contributed by atoms with Gasteiger partial charge in [-0.2, -0.15) is 0 Å². The van der Waals surface area contributed by atoms with Crippen molar-refractivity contribution in [2.75, 3.05) is 24.5 Å². The second-order valence-corrected chi connectivity index (χ2v) is 7.70. The molecule has 0 saturated carbocycles. The summed E-state index contributed by atoms with van der Waals surface area (Å²) < 4.78 is 3.83. The fourth-order valence-corrected chi connectivity index (χ4v) is 3.92. The van der Waals surface area contributed by atoms with E-state index < -0.39 is 11.2 Å². The Morgan fingerprint density at radius 1 is 1.20 bits per heavy atom. The van der Waals surface area contributed by atoms with E-state index >= 15 is 0 Å². The molecule has 0 aliphatic carbocycles. The van der Waals surface area contributed by atoms with Crippen LogP contribution in [0.25, 0.3) is 11.2 Å². The predicted octanol–water partition coefficient (Wildman–Crippen LogP) is -0.138. The summed E-state index contributed by atoms with van der Waals surface area (Å²) in [5.74, 6) is 0.231. The number of aromatic nitrogens is 5. The topological polar surface area (TPSA) is 107 Å². The smallest absolute Gasteiger partial charge is 0.332 e. The zero-order valence-electron chi connectivity index (χ0n) is 17.1. The van der Waals surface area contributed by atoms with Crippen molar-refractivity contribution in [3.8, 4) is 0 Å². The van der Waals surface area contributed by atoms with Crippen LogP contribution in [0.4, 0.5) is 5.69 Å². The molecule has 0 spiro atoms. The van der Waals surface area contributed by atoms with Gasteiger partial charge in [-0.15, -0.1) is 0 Å². The number of fused-ring (bicyclic) bond motifs is 1. The maximum absolute atomic E-state index is 12.5. The Morgan fingerprint density at radius 2 is 1.97 bits per heavy atom. The molecular weight excluding hydrogens is 386 g/mol. The highest BCUT2D eigenvalue weighted by molar-refractivity contribution is 5.78. The molecular formula is C20H25N7O3. The van der Waals surface area contributed by atoms with E-state index in [1.165, 1.54) is 22.5 Å².